The number of rotatable bonds is 22. The molecule has 1 amide bonds. The number of esters is 1. The molecule has 6 aliphatic heterocycles. The minimum absolute atomic E-state index is 0.0129. The number of aliphatic hydroxyl groups excluding tert-OH is 16. The number of aliphatic carboxylic acids is 1. The van der Waals surface area contributed by atoms with Gasteiger partial charge in [-0.1, -0.05) is 59.6 Å². The maximum atomic E-state index is 16.0. The van der Waals surface area contributed by atoms with E-state index in [0.29, 0.717) is 64.3 Å². The number of aliphatic hydroxyl groups is 16. The quantitative estimate of drug-likeness (QED) is 0.0158. The topological polar surface area (TPSA) is 561 Å². The maximum absolute atomic E-state index is 16.0. The van der Waals surface area contributed by atoms with E-state index in [4.69, 9.17) is 62.6 Å². The molecule has 0 radical (unpaired) electrons. The fourth-order valence-corrected chi connectivity index (χ4v) is 19.9. The number of unbranched alkanes of at least 4 members (excludes halogenated alkanes) is 2. The number of hydrogen-bond donors (Lipinski definition) is 19. The van der Waals surface area contributed by atoms with Gasteiger partial charge in [0.15, 0.2) is 43.7 Å². The fraction of sp³-hybridized carbons (Fsp3) is 0.914. The van der Waals surface area contributed by atoms with Crippen LogP contribution in [0.15, 0.2) is 11.6 Å². The highest BCUT2D eigenvalue weighted by molar-refractivity contribution is 5.80. The molecule has 11 rings (SSSR count). The van der Waals surface area contributed by atoms with Crippen molar-refractivity contribution in [1.29, 1.82) is 0 Å². The summed E-state index contributed by atoms with van der Waals surface area (Å²) in [6.07, 6.45) is -44.8. The summed E-state index contributed by atoms with van der Waals surface area (Å²) in [4.78, 5) is 56.8. The van der Waals surface area contributed by atoms with Crippen LogP contribution >= 0.6 is 0 Å². The first-order chi connectivity index (χ1) is 49.4. The van der Waals surface area contributed by atoms with Gasteiger partial charge in [0.2, 0.25) is 12.2 Å². The number of nitrogens with one attached hydrogen (secondary N) is 1. The summed E-state index contributed by atoms with van der Waals surface area (Å²) in [6, 6.07) is -1.44. The van der Waals surface area contributed by atoms with E-state index < -0.39 is 273 Å². The molecule has 600 valence electrons. The van der Waals surface area contributed by atoms with Crippen molar-refractivity contribution in [2.45, 2.75) is 316 Å². The smallest absolute Gasteiger partial charge is 0.335 e. The predicted molar refractivity (Wildman–Crippen MR) is 350 cm³/mol. The number of carboxylic acid groups (broad SMARTS) is 1. The first kappa shape index (κ1) is 82.7. The van der Waals surface area contributed by atoms with E-state index >= 15 is 4.79 Å². The zero-order valence-corrected chi connectivity index (χ0v) is 60.1. The molecule has 35 heteroatoms. The highest BCUT2D eigenvalue weighted by atomic mass is 16.8. The van der Waals surface area contributed by atoms with Crippen molar-refractivity contribution >= 4 is 24.1 Å². The number of hydrogen-bond acceptors (Lipinski definition) is 33. The van der Waals surface area contributed by atoms with E-state index in [1.54, 1.807) is 6.92 Å². The van der Waals surface area contributed by atoms with Gasteiger partial charge < -0.3 is 159 Å². The second kappa shape index (κ2) is 32.1. The van der Waals surface area contributed by atoms with E-state index in [9.17, 15) is 101 Å². The second-order valence-corrected chi connectivity index (χ2v) is 33.0. The van der Waals surface area contributed by atoms with Crippen molar-refractivity contribution in [2.24, 2.45) is 56.0 Å². The van der Waals surface area contributed by atoms with Gasteiger partial charge in [0.05, 0.1) is 56.2 Å². The number of ether oxygens (including phenoxy) is 12. The standard InChI is InChI=1S/C70H112N2O33/c1-28-52(100-58-47(86)41(80)31(76)25-94-58)46(85)50(89)60(96-28)103-55-44(83)40(72-39(79)11-9-8-10-20-71)33(23-73)97-62(55)105-64(93)70-19-18-65(2,3)21-30(70)29-12-13-36-66(4)16-15-38(67(5,27-75)35(66)14-17-68(36,6)69(29,7)22-37(70)78)99-63-56(104-61-49(88)45(84)43(82)34(24-74)98-61)53(51(90)54(102-63)57(91)92)101-59-48(87)42(81)32(77)26-95-59/h12,27-28,30-38,40-56,58-63,73-74,76-78,80-90H,8-11,13-26,71H2,1-7H3,(H,72,79)(H,91,92)/t28-,30+,31+,32-,33+,34-,35-,36-,37-,38+,40-,41-,42+,43+,44-,45+,46-,47+,48-,49-,50+,51+,52-,53+,54+,55+,56-,58-,59+,60-,61+,62-,63-,66+,67+,68-,69-,70-/m1/s1. The Morgan fingerprint density at radius 3 is 1.79 bits per heavy atom. The average Bonchev–Trinajstić information content (AvgIpc) is 0.670. The summed E-state index contributed by atoms with van der Waals surface area (Å²) in [5.41, 5.74) is 0.706. The van der Waals surface area contributed by atoms with Crippen LogP contribution in [0.3, 0.4) is 0 Å². The lowest BCUT2D eigenvalue weighted by molar-refractivity contribution is -0.391. The van der Waals surface area contributed by atoms with Gasteiger partial charge >= 0.3 is 11.9 Å². The number of amides is 1. The van der Waals surface area contributed by atoms with Crippen LogP contribution in [-0.4, -0.2) is 328 Å². The average molecular weight is 1510 g/mol. The largest absolute Gasteiger partial charge is 0.479 e. The maximum Gasteiger partial charge on any atom is 0.335 e. The van der Waals surface area contributed by atoms with Crippen LogP contribution in [0.1, 0.15) is 132 Å². The van der Waals surface area contributed by atoms with Gasteiger partial charge in [-0.2, -0.15) is 0 Å². The summed E-state index contributed by atoms with van der Waals surface area (Å²) in [5.74, 6) is -4.69. The molecular weight excluding hydrogens is 1400 g/mol. The van der Waals surface area contributed by atoms with Crippen molar-refractivity contribution in [3.63, 3.8) is 0 Å². The summed E-state index contributed by atoms with van der Waals surface area (Å²) >= 11 is 0. The van der Waals surface area contributed by atoms with E-state index in [2.05, 4.69) is 46.0 Å². The van der Waals surface area contributed by atoms with E-state index in [-0.39, 0.29) is 31.6 Å². The number of carbonyl (C=O) groups is 4. The molecule has 0 unspecified atom stereocenters. The van der Waals surface area contributed by atoms with E-state index in [0.717, 1.165) is 11.9 Å². The highest BCUT2D eigenvalue weighted by Crippen LogP contribution is 2.76. The number of carbonyl (C=O) groups excluding carboxylic acids is 3. The monoisotopic (exact) mass is 1510 g/mol. The zero-order chi connectivity index (χ0) is 76.7. The molecule has 6 saturated heterocycles. The molecule has 20 N–H and O–H groups in total. The highest BCUT2D eigenvalue weighted by Gasteiger charge is 2.73. The Labute approximate surface area is 607 Å². The summed E-state index contributed by atoms with van der Waals surface area (Å²) in [6.45, 7) is 11.2. The predicted octanol–water partition coefficient (Wildman–Crippen LogP) is -5.20. The molecule has 105 heavy (non-hydrogen) atoms. The van der Waals surface area contributed by atoms with Gasteiger partial charge in [-0.25, -0.2) is 4.79 Å². The third-order valence-electron chi connectivity index (χ3n) is 26.3. The van der Waals surface area contributed by atoms with E-state index in [1.165, 1.54) is 6.92 Å². The molecule has 5 aliphatic carbocycles. The second-order valence-electron chi connectivity index (χ2n) is 33.0. The lowest BCUT2D eigenvalue weighted by Gasteiger charge is -2.71. The number of allylic oxidation sites excluding steroid dienone is 2. The minimum Gasteiger partial charge on any atom is -0.479 e. The number of aldehydes is 1. The van der Waals surface area contributed by atoms with Crippen LogP contribution in [0, 0.1) is 50.2 Å². The van der Waals surface area contributed by atoms with Crippen molar-refractivity contribution in [3.8, 4) is 0 Å². The Bertz CT molecular complexity index is 3050. The van der Waals surface area contributed by atoms with Crippen molar-refractivity contribution in [2.75, 3.05) is 33.0 Å². The number of fused-ring (bicyclic) bond motifs is 7. The molecule has 0 aromatic rings. The van der Waals surface area contributed by atoms with Crippen LogP contribution in [0.4, 0.5) is 0 Å². The van der Waals surface area contributed by atoms with Crippen LogP contribution in [0.2, 0.25) is 0 Å². The third kappa shape index (κ3) is 14.9. The van der Waals surface area contributed by atoms with Crippen LogP contribution in [0.25, 0.3) is 0 Å². The van der Waals surface area contributed by atoms with Gasteiger partial charge in [0, 0.05) is 6.42 Å². The van der Waals surface area contributed by atoms with Crippen LogP contribution in [0.5, 0.6) is 0 Å². The van der Waals surface area contributed by atoms with Gasteiger partial charge in [-0.15, -0.1) is 0 Å². The SMILES string of the molecule is C[C@H]1O[C@H](O[C@@H]2[C@@H](OC(=O)[C@]34CCC(C)(C)C[C@H]3C3=CC[C@@H]5[C@@]6(C)CC[C@H](O[C@@H]7O[C@H](C(=O)O)[C@@H](O)[C@H](O[C@@H]8OC[C@@H](O)[C@H](O)[C@H]8O)[C@H]7O[C@@H]7O[C@H](CO)[C@H](O)[C@H](O)[C@H]7O)[C@@](C)(C=O)[C@@H]6CC[C@@]5(C)[C@]3(C)C[C@H]4O)O[C@@H](CO)[C@@H](NC(=O)CCCCCN)[C@H]2O)[C@@H](O)[C@@H](O)[C@@H]1O[C@H]1OC[C@H](O)[C@@H](O)[C@@H]1O. The normalized spacial score (nSPS) is 51.3. The Hall–Kier alpha value is -3.30. The van der Waals surface area contributed by atoms with Crippen LogP contribution in [-0.2, 0) is 76.0 Å². The third-order valence-corrected chi connectivity index (χ3v) is 26.3. The molecule has 35 nitrogen and oxygen atoms in total. The fourth-order valence-electron chi connectivity index (χ4n) is 19.9. The Morgan fingerprint density at radius 2 is 1.17 bits per heavy atom. The first-order valence-electron chi connectivity index (χ1n) is 36.9. The molecule has 0 aromatic carbocycles. The molecule has 0 aromatic heterocycles. The molecule has 4 saturated carbocycles. The molecule has 6 heterocycles. The molecular formula is C70H112N2O33. The summed E-state index contributed by atoms with van der Waals surface area (Å²) in [7, 11) is 0. The van der Waals surface area contributed by atoms with Gasteiger partial charge in [-0.3, -0.25) is 9.59 Å². The number of carboxylic acids is 1. The first-order valence-corrected chi connectivity index (χ1v) is 36.9. The van der Waals surface area contributed by atoms with E-state index in [1.807, 2.05) is 0 Å². The molecule has 38 atom stereocenters. The lowest BCUT2D eigenvalue weighted by atomic mass is 9.33. The molecule has 11 aliphatic rings. The van der Waals surface area contributed by atoms with Crippen LogP contribution < -0.4 is 11.1 Å². The van der Waals surface area contributed by atoms with Crippen molar-refractivity contribution < 1.29 is 163 Å². The van der Waals surface area contributed by atoms with Gasteiger partial charge in [-0.05, 0) is 124 Å². The Balaban J connectivity index is 0.875. The zero-order valence-electron chi connectivity index (χ0n) is 60.1. The molecule has 0 spiro atoms. The Kier molecular flexibility index (Phi) is 25.2. The molecule has 0 bridgehead atoms. The van der Waals surface area contributed by atoms with Gasteiger partial charge in [0.25, 0.3) is 0 Å². The van der Waals surface area contributed by atoms with Crippen molar-refractivity contribution in [1.82, 2.24) is 5.32 Å². The van der Waals surface area contributed by atoms with Crippen molar-refractivity contribution in [3.05, 3.63) is 11.6 Å². The van der Waals surface area contributed by atoms with Gasteiger partial charge in [0.1, 0.15) is 122 Å². The number of nitrogens with two attached hydrogens (primary N) is 1. The Morgan fingerprint density at radius 1 is 0.581 bits per heavy atom. The minimum atomic E-state index is -2.23. The summed E-state index contributed by atoms with van der Waals surface area (Å²) in [5, 5.41) is 191. The summed E-state index contributed by atoms with van der Waals surface area (Å²) < 4.78 is 72.8. The molecule has 10 fully saturated rings. The lowest BCUT2D eigenvalue weighted by Crippen LogP contribution is -2.70.